The Kier molecular flexibility index (Phi) is 6.54. The highest BCUT2D eigenvalue weighted by molar-refractivity contribution is 9.10. The summed E-state index contributed by atoms with van der Waals surface area (Å²) in [5.41, 5.74) is 1.65. The third kappa shape index (κ3) is 4.66. The number of hydrogen-bond acceptors (Lipinski definition) is 3. The molecule has 1 rings (SSSR count). The van der Waals surface area contributed by atoms with Crippen molar-refractivity contribution in [2.24, 2.45) is 0 Å². The molecule has 0 aliphatic rings. The van der Waals surface area contributed by atoms with Crippen molar-refractivity contribution in [3.05, 3.63) is 33.8 Å². The highest BCUT2D eigenvalue weighted by atomic mass is 79.9. The SMILES string of the molecule is COCCN(CCC#N)C(=O)c1cc(C)ccc1Br. The Labute approximate surface area is 122 Å². The van der Waals surface area contributed by atoms with Crippen LogP contribution >= 0.6 is 15.9 Å². The number of hydrogen-bond donors (Lipinski definition) is 0. The Bertz CT molecular complexity index is 483. The standard InChI is InChI=1S/C14H17BrN2O2/c1-11-4-5-13(15)12(10-11)14(18)17(7-3-6-16)8-9-19-2/h4-5,10H,3,7-9H2,1-2H3. The number of nitrogens with zero attached hydrogens (tertiary/aromatic N) is 2. The molecule has 0 fully saturated rings. The number of rotatable bonds is 6. The molecule has 4 nitrogen and oxygen atoms in total. The summed E-state index contributed by atoms with van der Waals surface area (Å²) in [6.07, 6.45) is 0.318. The second kappa shape index (κ2) is 7.93. The molecule has 1 aromatic carbocycles. The van der Waals surface area contributed by atoms with Crippen molar-refractivity contribution in [2.75, 3.05) is 26.8 Å². The first-order valence-corrected chi connectivity index (χ1v) is 6.80. The molecular weight excluding hydrogens is 308 g/mol. The zero-order valence-corrected chi connectivity index (χ0v) is 12.7. The van der Waals surface area contributed by atoms with Gasteiger partial charge in [-0.3, -0.25) is 4.79 Å². The average Bonchev–Trinajstić information content (AvgIpc) is 2.41. The highest BCUT2D eigenvalue weighted by Gasteiger charge is 2.17. The van der Waals surface area contributed by atoms with Crippen LogP contribution in [0.5, 0.6) is 0 Å². The minimum absolute atomic E-state index is 0.0807. The lowest BCUT2D eigenvalue weighted by molar-refractivity contribution is 0.0699. The van der Waals surface area contributed by atoms with Gasteiger partial charge in [0.2, 0.25) is 0 Å². The van der Waals surface area contributed by atoms with Crippen LogP contribution in [-0.2, 0) is 4.74 Å². The van der Waals surface area contributed by atoms with Crippen molar-refractivity contribution in [1.82, 2.24) is 4.90 Å². The van der Waals surface area contributed by atoms with Gasteiger partial charge in [0.15, 0.2) is 0 Å². The van der Waals surface area contributed by atoms with E-state index in [-0.39, 0.29) is 5.91 Å². The second-order valence-electron chi connectivity index (χ2n) is 4.18. The van der Waals surface area contributed by atoms with Gasteiger partial charge in [0.05, 0.1) is 24.7 Å². The number of carbonyl (C=O) groups excluding carboxylic acids is 1. The van der Waals surface area contributed by atoms with Crippen LogP contribution in [0.1, 0.15) is 22.3 Å². The van der Waals surface area contributed by atoms with E-state index in [0.29, 0.717) is 31.7 Å². The molecule has 5 heteroatoms. The van der Waals surface area contributed by atoms with Crippen LogP contribution in [0.2, 0.25) is 0 Å². The molecule has 19 heavy (non-hydrogen) atoms. The van der Waals surface area contributed by atoms with Gasteiger partial charge in [-0.25, -0.2) is 0 Å². The fourth-order valence-corrected chi connectivity index (χ4v) is 2.09. The summed E-state index contributed by atoms with van der Waals surface area (Å²) < 4.78 is 5.77. The van der Waals surface area contributed by atoms with Crippen LogP contribution in [-0.4, -0.2) is 37.6 Å². The Morgan fingerprint density at radius 2 is 2.21 bits per heavy atom. The van der Waals surface area contributed by atoms with Crippen LogP contribution in [0.25, 0.3) is 0 Å². The summed E-state index contributed by atoms with van der Waals surface area (Å²) in [5, 5.41) is 8.66. The quantitative estimate of drug-likeness (QED) is 0.808. The lowest BCUT2D eigenvalue weighted by Gasteiger charge is -2.22. The van der Waals surface area contributed by atoms with Gasteiger partial charge in [-0.2, -0.15) is 5.26 Å². The summed E-state index contributed by atoms with van der Waals surface area (Å²) in [4.78, 5) is 14.1. The van der Waals surface area contributed by atoms with Gasteiger partial charge in [0.1, 0.15) is 0 Å². The Balaban J connectivity index is 2.91. The largest absolute Gasteiger partial charge is 0.383 e. The fourth-order valence-electron chi connectivity index (χ4n) is 1.67. The van der Waals surface area contributed by atoms with Crippen molar-refractivity contribution in [1.29, 1.82) is 5.26 Å². The predicted octanol–water partition coefficient (Wildman–Crippen LogP) is 2.76. The van der Waals surface area contributed by atoms with Crippen molar-refractivity contribution in [3.63, 3.8) is 0 Å². The van der Waals surface area contributed by atoms with Crippen LogP contribution < -0.4 is 0 Å². The number of carbonyl (C=O) groups is 1. The Morgan fingerprint density at radius 1 is 1.47 bits per heavy atom. The molecule has 0 aliphatic heterocycles. The first kappa shape index (κ1) is 15.7. The van der Waals surface area contributed by atoms with Gasteiger partial charge in [0, 0.05) is 24.7 Å². The molecule has 0 aromatic heterocycles. The fraction of sp³-hybridized carbons (Fsp3) is 0.429. The zero-order valence-electron chi connectivity index (χ0n) is 11.1. The van der Waals surface area contributed by atoms with Crippen molar-refractivity contribution < 1.29 is 9.53 Å². The first-order valence-electron chi connectivity index (χ1n) is 6.01. The molecule has 0 unspecified atom stereocenters. The van der Waals surface area contributed by atoms with Gasteiger partial charge >= 0.3 is 0 Å². The summed E-state index contributed by atoms with van der Waals surface area (Å²) in [7, 11) is 1.59. The van der Waals surface area contributed by atoms with Crippen LogP contribution in [0.3, 0.4) is 0 Å². The molecule has 0 aliphatic carbocycles. The van der Waals surface area contributed by atoms with E-state index in [0.717, 1.165) is 10.0 Å². The maximum absolute atomic E-state index is 12.5. The van der Waals surface area contributed by atoms with E-state index in [1.54, 1.807) is 12.0 Å². The van der Waals surface area contributed by atoms with E-state index < -0.39 is 0 Å². The predicted molar refractivity (Wildman–Crippen MR) is 76.9 cm³/mol. The van der Waals surface area contributed by atoms with Crippen LogP contribution in [0.15, 0.2) is 22.7 Å². The number of ether oxygens (including phenoxy) is 1. The molecule has 0 bridgehead atoms. The Hall–Kier alpha value is -1.38. The number of aryl methyl sites for hydroxylation is 1. The molecule has 0 heterocycles. The number of methoxy groups -OCH3 is 1. The van der Waals surface area contributed by atoms with E-state index in [2.05, 4.69) is 22.0 Å². The topological polar surface area (TPSA) is 53.3 Å². The van der Waals surface area contributed by atoms with E-state index in [1.807, 2.05) is 25.1 Å². The number of nitriles is 1. The lowest BCUT2D eigenvalue weighted by atomic mass is 10.1. The van der Waals surface area contributed by atoms with E-state index >= 15 is 0 Å². The van der Waals surface area contributed by atoms with E-state index in [9.17, 15) is 4.79 Å². The molecule has 102 valence electrons. The summed E-state index contributed by atoms with van der Waals surface area (Å²) in [6, 6.07) is 7.71. The number of amides is 1. The number of benzene rings is 1. The molecule has 1 aromatic rings. The minimum Gasteiger partial charge on any atom is -0.383 e. The average molecular weight is 325 g/mol. The van der Waals surface area contributed by atoms with E-state index in [4.69, 9.17) is 10.00 Å². The van der Waals surface area contributed by atoms with Gasteiger partial charge < -0.3 is 9.64 Å². The van der Waals surface area contributed by atoms with Gasteiger partial charge in [0.25, 0.3) is 5.91 Å². The monoisotopic (exact) mass is 324 g/mol. The normalized spacial score (nSPS) is 10.0. The third-order valence-corrected chi connectivity index (χ3v) is 3.39. The van der Waals surface area contributed by atoms with Gasteiger partial charge in [-0.05, 0) is 35.0 Å². The maximum Gasteiger partial charge on any atom is 0.255 e. The summed E-state index contributed by atoms with van der Waals surface area (Å²) in [6.45, 7) is 3.30. The van der Waals surface area contributed by atoms with Crippen LogP contribution in [0, 0.1) is 18.3 Å². The molecule has 1 amide bonds. The molecule has 0 radical (unpaired) electrons. The lowest BCUT2D eigenvalue weighted by Crippen LogP contribution is -2.35. The highest BCUT2D eigenvalue weighted by Crippen LogP contribution is 2.20. The minimum atomic E-state index is -0.0807. The van der Waals surface area contributed by atoms with Crippen molar-refractivity contribution in [3.8, 4) is 6.07 Å². The van der Waals surface area contributed by atoms with Gasteiger partial charge in [-0.1, -0.05) is 11.6 Å². The zero-order chi connectivity index (χ0) is 14.3. The second-order valence-corrected chi connectivity index (χ2v) is 5.03. The third-order valence-electron chi connectivity index (χ3n) is 2.70. The van der Waals surface area contributed by atoms with Crippen molar-refractivity contribution in [2.45, 2.75) is 13.3 Å². The maximum atomic E-state index is 12.5. The molecule has 0 N–H and O–H groups in total. The molecule has 0 saturated heterocycles. The summed E-state index contributed by atoms with van der Waals surface area (Å²) >= 11 is 3.39. The number of halogens is 1. The smallest absolute Gasteiger partial charge is 0.255 e. The Morgan fingerprint density at radius 3 is 2.84 bits per heavy atom. The first-order chi connectivity index (χ1) is 9.10. The molecule has 0 atom stereocenters. The molecule has 0 spiro atoms. The van der Waals surface area contributed by atoms with E-state index in [1.165, 1.54) is 0 Å². The van der Waals surface area contributed by atoms with Crippen LogP contribution in [0.4, 0.5) is 0 Å². The molecular formula is C14H17BrN2O2. The molecule has 0 saturated carbocycles. The van der Waals surface area contributed by atoms with Crippen molar-refractivity contribution >= 4 is 21.8 Å². The van der Waals surface area contributed by atoms with Gasteiger partial charge in [-0.15, -0.1) is 0 Å². The summed E-state index contributed by atoms with van der Waals surface area (Å²) in [5.74, 6) is -0.0807.